The summed E-state index contributed by atoms with van der Waals surface area (Å²) in [5, 5.41) is 8.90. The first-order valence-corrected chi connectivity index (χ1v) is 4.88. The van der Waals surface area contributed by atoms with Gasteiger partial charge in [0.25, 0.3) is 0 Å². The number of hydrogen-bond donors (Lipinski definition) is 2. The monoisotopic (exact) mass is 203 g/mol. The number of hydrogen-bond acceptors (Lipinski definition) is 3. The normalized spacial score (nSPS) is 11.1. The van der Waals surface area contributed by atoms with Gasteiger partial charge in [-0.2, -0.15) is 5.26 Å². The summed E-state index contributed by atoms with van der Waals surface area (Å²) in [6, 6.07) is 3.80. The fourth-order valence-corrected chi connectivity index (χ4v) is 1.78. The van der Waals surface area contributed by atoms with Crippen LogP contribution in [0.1, 0.15) is 37.5 Å². The van der Waals surface area contributed by atoms with Gasteiger partial charge in [-0.1, -0.05) is 20.8 Å². The fraction of sp³-hybridized carbons (Fsp3) is 0.417. The minimum absolute atomic E-state index is 0.104. The first-order chi connectivity index (χ1) is 6.79. The molecule has 0 radical (unpaired) electrons. The van der Waals surface area contributed by atoms with Gasteiger partial charge in [0.2, 0.25) is 0 Å². The first-order valence-electron chi connectivity index (χ1n) is 4.88. The van der Waals surface area contributed by atoms with Crippen LogP contribution in [0, 0.1) is 18.3 Å². The van der Waals surface area contributed by atoms with Crippen LogP contribution in [0.3, 0.4) is 0 Å². The zero-order valence-corrected chi connectivity index (χ0v) is 9.68. The molecular formula is C12H17N3. The van der Waals surface area contributed by atoms with Gasteiger partial charge < -0.3 is 11.5 Å². The first kappa shape index (κ1) is 11.4. The van der Waals surface area contributed by atoms with Gasteiger partial charge in [-0.25, -0.2) is 0 Å². The van der Waals surface area contributed by atoms with Crippen LogP contribution in [0.25, 0.3) is 0 Å². The Kier molecular flexibility index (Phi) is 2.63. The van der Waals surface area contributed by atoms with Crippen molar-refractivity contribution in [1.82, 2.24) is 0 Å². The van der Waals surface area contributed by atoms with E-state index < -0.39 is 0 Å². The van der Waals surface area contributed by atoms with Crippen molar-refractivity contribution in [1.29, 1.82) is 5.26 Å². The molecule has 15 heavy (non-hydrogen) atoms. The van der Waals surface area contributed by atoms with Gasteiger partial charge in [0, 0.05) is 16.9 Å². The zero-order chi connectivity index (χ0) is 11.8. The highest BCUT2D eigenvalue weighted by atomic mass is 14.6. The average molecular weight is 203 g/mol. The maximum atomic E-state index is 8.90. The smallest absolute Gasteiger partial charge is 0.0995 e. The molecule has 0 amide bonds. The van der Waals surface area contributed by atoms with E-state index >= 15 is 0 Å². The van der Waals surface area contributed by atoms with Gasteiger partial charge in [0.1, 0.15) is 0 Å². The second kappa shape index (κ2) is 3.47. The zero-order valence-electron chi connectivity index (χ0n) is 9.68. The molecule has 0 aliphatic heterocycles. The molecule has 0 fully saturated rings. The summed E-state index contributed by atoms with van der Waals surface area (Å²) in [7, 11) is 0. The van der Waals surface area contributed by atoms with Crippen LogP contribution in [0.5, 0.6) is 0 Å². The van der Waals surface area contributed by atoms with Gasteiger partial charge in [0.15, 0.2) is 0 Å². The third-order valence-corrected chi connectivity index (χ3v) is 2.54. The van der Waals surface area contributed by atoms with Crippen molar-refractivity contribution in [2.24, 2.45) is 0 Å². The molecule has 0 heterocycles. The molecule has 1 aromatic carbocycles. The van der Waals surface area contributed by atoms with Gasteiger partial charge in [-0.3, -0.25) is 0 Å². The minimum Gasteiger partial charge on any atom is -0.398 e. The van der Waals surface area contributed by atoms with E-state index in [0.717, 1.165) is 11.1 Å². The third-order valence-electron chi connectivity index (χ3n) is 2.54. The maximum absolute atomic E-state index is 8.90. The molecule has 3 heteroatoms. The highest BCUT2D eigenvalue weighted by Crippen LogP contribution is 2.36. The highest BCUT2D eigenvalue weighted by Gasteiger charge is 2.22. The maximum Gasteiger partial charge on any atom is 0.0995 e. The predicted molar refractivity (Wildman–Crippen MR) is 63.4 cm³/mol. The van der Waals surface area contributed by atoms with E-state index in [2.05, 4.69) is 26.8 Å². The van der Waals surface area contributed by atoms with E-state index in [1.54, 1.807) is 6.07 Å². The highest BCUT2D eigenvalue weighted by molar-refractivity contribution is 5.71. The lowest BCUT2D eigenvalue weighted by molar-refractivity contribution is 0.594. The van der Waals surface area contributed by atoms with E-state index in [0.29, 0.717) is 16.9 Å². The second-order valence-electron chi connectivity index (χ2n) is 4.79. The number of benzene rings is 1. The molecule has 80 valence electrons. The van der Waals surface area contributed by atoms with Crippen LogP contribution in [0.15, 0.2) is 6.07 Å². The minimum atomic E-state index is -0.104. The van der Waals surface area contributed by atoms with Gasteiger partial charge in [0.05, 0.1) is 11.6 Å². The van der Waals surface area contributed by atoms with Crippen molar-refractivity contribution in [3.05, 3.63) is 22.8 Å². The summed E-state index contributed by atoms with van der Waals surface area (Å²) in [5.41, 5.74) is 15.4. The SMILES string of the molecule is Cc1c(C#N)cc(N)c(C(C)(C)C)c1N. The number of anilines is 2. The standard InChI is InChI=1S/C12H17N3/c1-7-8(6-13)5-9(14)10(11(7)15)12(2,3)4/h5H,14-15H2,1-4H3. The molecule has 0 aromatic heterocycles. The molecule has 0 unspecified atom stereocenters. The molecule has 4 N–H and O–H groups in total. The number of nitrogens with zero attached hydrogens (tertiary/aromatic N) is 1. The Balaban J connectivity index is 3.59. The predicted octanol–water partition coefficient (Wildman–Crippen LogP) is 2.33. The Hall–Kier alpha value is -1.69. The van der Waals surface area contributed by atoms with E-state index in [4.69, 9.17) is 16.7 Å². The summed E-state index contributed by atoms with van der Waals surface area (Å²) in [6.45, 7) is 8.02. The fourth-order valence-electron chi connectivity index (χ4n) is 1.78. The summed E-state index contributed by atoms with van der Waals surface area (Å²) in [4.78, 5) is 0. The van der Waals surface area contributed by atoms with Crippen molar-refractivity contribution in [3.63, 3.8) is 0 Å². The Morgan fingerprint density at radius 3 is 2.20 bits per heavy atom. The second-order valence-corrected chi connectivity index (χ2v) is 4.79. The Bertz CT molecular complexity index is 434. The molecule has 0 aliphatic carbocycles. The third kappa shape index (κ3) is 1.89. The number of rotatable bonds is 0. The molecular weight excluding hydrogens is 186 g/mol. The van der Waals surface area contributed by atoms with Crippen LogP contribution in [0.4, 0.5) is 11.4 Å². The van der Waals surface area contributed by atoms with Crippen molar-refractivity contribution in [3.8, 4) is 6.07 Å². The molecule has 0 saturated heterocycles. The van der Waals surface area contributed by atoms with Crippen LogP contribution >= 0.6 is 0 Å². The van der Waals surface area contributed by atoms with Crippen molar-refractivity contribution >= 4 is 11.4 Å². The number of nitrogen functional groups attached to an aromatic ring is 2. The molecule has 0 bridgehead atoms. The molecule has 0 saturated carbocycles. The Morgan fingerprint density at radius 1 is 1.27 bits per heavy atom. The van der Waals surface area contributed by atoms with E-state index in [9.17, 15) is 0 Å². The van der Waals surface area contributed by atoms with Crippen LogP contribution in [-0.4, -0.2) is 0 Å². The number of nitrogens with two attached hydrogens (primary N) is 2. The van der Waals surface area contributed by atoms with E-state index in [1.165, 1.54) is 0 Å². The van der Waals surface area contributed by atoms with Crippen LogP contribution < -0.4 is 11.5 Å². The summed E-state index contributed by atoms with van der Waals surface area (Å²) in [5.74, 6) is 0. The lowest BCUT2D eigenvalue weighted by Crippen LogP contribution is -2.18. The number of nitriles is 1. The lowest BCUT2D eigenvalue weighted by atomic mass is 9.82. The molecule has 1 rings (SSSR count). The van der Waals surface area contributed by atoms with Gasteiger partial charge >= 0.3 is 0 Å². The van der Waals surface area contributed by atoms with Gasteiger partial charge in [-0.15, -0.1) is 0 Å². The topological polar surface area (TPSA) is 75.8 Å². The van der Waals surface area contributed by atoms with E-state index in [-0.39, 0.29) is 5.41 Å². The quantitative estimate of drug-likeness (QED) is 0.635. The lowest BCUT2D eigenvalue weighted by Gasteiger charge is -2.24. The summed E-state index contributed by atoms with van der Waals surface area (Å²) < 4.78 is 0. The summed E-state index contributed by atoms with van der Waals surface area (Å²) in [6.07, 6.45) is 0. The van der Waals surface area contributed by atoms with E-state index in [1.807, 2.05) is 6.92 Å². The summed E-state index contributed by atoms with van der Waals surface area (Å²) >= 11 is 0. The van der Waals surface area contributed by atoms with Gasteiger partial charge in [-0.05, 0) is 24.0 Å². The molecule has 0 atom stereocenters. The van der Waals surface area contributed by atoms with Crippen molar-refractivity contribution < 1.29 is 0 Å². The van der Waals surface area contributed by atoms with Crippen molar-refractivity contribution in [2.45, 2.75) is 33.1 Å². The molecule has 3 nitrogen and oxygen atoms in total. The molecule has 1 aromatic rings. The molecule has 0 aliphatic rings. The Morgan fingerprint density at radius 2 is 1.80 bits per heavy atom. The largest absolute Gasteiger partial charge is 0.398 e. The molecule has 0 spiro atoms. The van der Waals surface area contributed by atoms with Crippen LogP contribution in [-0.2, 0) is 5.41 Å². The average Bonchev–Trinajstić information content (AvgIpc) is 2.09. The van der Waals surface area contributed by atoms with Crippen molar-refractivity contribution in [2.75, 3.05) is 11.5 Å². The van der Waals surface area contributed by atoms with Crippen LogP contribution in [0.2, 0.25) is 0 Å². The Labute approximate surface area is 90.7 Å².